The molecule has 120 valence electrons. The molecule has 1 heterocycles. The van der Waals surface area contributed by atoms with E-state index in [1.807, 2.05) is 0 Å². The van der Waals surface area contributed by atoms with Gasteiger partial charge in [0.2, 0.25) is 0 Å². The number of alkyl halides is 1. The standard InChI is InChI=1S/C14H28ClNO4/c1-17-10-11-19-13-12-18-9-7-16-5-2-14(3-6-16)20-8-4-15/h14H,2-13H2,1H3. The molecule has 20 heavy (non-hydrogen) atoms. The maximum absolute atomic E-state index is 5.65. The number of methoxy groups -OCH3 is 1. The lowest BCUT2D eigenvalue weighted by Gasteiger charge is -2.31. The molecule has 1 fully saturated rings. The van der Waals surface area contributed by atoms with Gasteiger partial charge in [0, 0.05) is 32.6 Å². The molecule has 5 nitrogen and oxygen atoms in total. The van der Waals surface area contributed by atoms with Crippen molar-refractivity contribution in [3.63, 3.8) is 0 Å². The third kappa shape index (κ3) is 9.10. The summed E-state index contributed by atoms with van der Waals surface area (Å²) in [4.78, 5) is 2.42. The quantitative estimate of drug-likeness (QED) is 0.402. The summed E-state index contributed by atoms with van der Waals surface area (Å²) in [5.74, 6) is 0.584. The van der Waals surface area contributed by atoms with Crippen LogP contribution in [0.15, 0.2) is 0 Å². The minimum Gasteiger partial charge on any atom is -0.382 e. The van der Waals surface area contributed by atoms with E-state index in [2.05, 4.69) is 4.90 Å². The van der Waals surface area contributed by atoms with Gasteiger partial charge in [0.05, 0.1) is 45.7 Å². The van der Waals surface area contributed by atoms with Gasteiger partial charge in [0.25, 0.3) is 0 Å². The Hall–Kier alpha value is 0.0900. The summed E-state index contributed by atoms with van der Waals surface area (Å²) in [6.07, 6.45) is 2.58. The molecular weight excluding hydrogens is 282 g/mol. The second-order valence-electron chi connectivity index (χ2n) is 4.82. The second-order valence-corrected chi connectivity index (χ2v) is 5.20. The zero-order valence-corrected chi connectivity index (χ0v) is 13.3. The Morgan fingerprint density at radius 3 is 2.25 bits per heavy atom. The summed E-state index contributed by atoms with van der Waals surface area (Å²) >= 11 is 5.62. The number of ether oxygens (including phenoxy) is 4. The van der Waals surface area contributed by atoms with E-state index in [9.17, 15) is 0 Å². The van der Waals surface area contributed by atoms with Crippen molar-refractivity contribution >= 4 is 11.6 Å². The van der Waals surface area contributed by atoms with Gasteiger partial charge in [-0.3, -0.25) is 0 Å². The van der Waals surface area contributed by atoms with Crippen LogP contribution in [0.1, 0.15) is 12.8 Å². The van der Waals surface area contributed by atoms with E-state index in [1.165, 1.54) is 0 Å². The van der Waals surface area contributed by atoms with E-state index >= 15 is 0 Å². The molecule has 0 aromatic rings. The molecule has 0 amide bonds. The topological polar surface area (TPSA) is 40.2 Å². The van der Waals surface area contributed by atoms with E-state index in [-0.39, 0.29) is 0 Å². The molecule has 0 spiro atoms. The summed E-state index contributed by atoms with van der Waals surface area (Å²) < 4.78 is 21.4. The summed E-state index contributed by atoms with van der Waals surface area (Å²) in [5.41, 5.74) is 0. The van der Waals surface area contributed by atoms with Crippen LogP contribution in [0.2, 0.25) is 0 Å². The highest BCUT2D eigenvalue weighted by atomic mass is 35.5. The summed E-state index contributed by atoms with van der Waals surface area (Å²) in [7, 11) is 1.67. The van der Waals surface area contributed by atoms with Gasteiger partial charge in [-0.1, -0.05) is 0 Å². The van der Waals surface area contributed by atoms with E-state index < -0.39 is 0 Å². The van der Waals surface area contributed by atoms with Gasteiger partial charge in [-0.25, -0.2) is 0 Å². The molecule has 1 aliphatic heterocycles. The summed E-state index contributed by atoms with van der Waals surface area (Å²) in [6, 6.07) is 0. The van der Waals surface area contributed by atoms with Crippen molar-refractivity contribution in [3.05, 3.63) is 0 Å². The van der Waals surface area contributed by atoms with Crippen LogP contribution in [-0.4, -0.2) is 83.3 Å². The van der Waals surface area contributed by atoms with Crippen LogP contribution in [0.25, 0.3) is 0 Å². The van der Waals surface area contributed by atoms with Crippen LogP contribution in [0.4, 0.5) is 0 Å². The molecule has 0 atom stereocenters. The van der Waals surface area contributed by atoms with E-state index in [0.29, 0.717) is 45.0 Å². The minimum absolute atomic E-state index is 0.389. The van der Waals surface area contributed by atoms with Crippen molar-refractivity contribution in [2.75, 3.05) is 72.3 Å². The number of halogens is 1. The Morgan fingerprint density at radius 2 is 1.60 bits per heavy atom. The van der Waals surface area contributed by atoms with Crippen LogP contribution in [0.3, 0.4) is 0 Å². The van der Waals surface area contributed by atoms with Gasteiger partial charge in [-0.2, -0.15) is 0 Å². The van der Waals surface area contributed by atoms with Crippen molar-refractivity contribution in [3.8, 4) is 0 Å². The zero-order valence-electron chi connectivity index (χ0n) is 12.5. The molecule has 0 unspecified atom stereocenters. The number of likely N-dealkylation sites (tertiary alicyclic amines) is 1. The molecule has 0 bridgehead atoms. The van der Waals surface area contributed by atoms with Crippen LogP contribution in [0.5, 0.6) is 0 Å². The van der Waals surface area contributed by atoms with Crippen LogP contribution in [-0.2, 0) is 18.9 Å². The third-order valence-corrected chi connectivity index (χ3v) is 3.48. The maximum atomic E-state index is 5.65. The first kappa shape index (κ1) is 18.1. The monoisotopic (exact) mass is 309 g/mol. The smallest absolute Gasteiger partial charge is 0.0701 e. The van der Waals surface area contributed by atoms with E-state index in [1.54, 1.807) is 7.11 Å². The molecule has 0 saturated carbocycles. The lowest BCUT2D eigenvalue weighted by Crippen LogP contribution is -2.39. The fourth-order valence-electron chi connectivity index (χ4n) is 2.17. The lowest BCUT2D eigenvalue weighted by atomic mass is 10.1. The van der Waals surface area contributed by atoms with Crippen LogP contribution < -0.4 is 0 Å². The minimum atomic E-state index is 0.389. The van der Waals surface area contributed by atoms with Crippen LogP contribution >= 0.6 is 11.6 Å². The Morgan fingerprint density at radius 1 is 0.950 bits per heavy atom. The van der Waals surface area contributed by atoms with Crippen molar-refractivity contribution in [2.24, 2.45) is 0 Å². The molecule has 0 aromatic carbocycles. The lowest BCUT2D eigenvalue weighted by molar-refractivity contribution is -0.00168. The molecule has 0 aromatic heterocycles. The fraction of sp³-hybridized carbons (Fsp3) is 1.00. The average molecular weight is 310 g/mol. The molecular formula is C14H28ClNO4. The molecule has 0 aliphatic carbocycles. The zero-order chi connectivity index (χ0) is 14.5. The first-order valence-corrected chi connectivity index (χ1v) is 7.94. The Labute approximate surface area is 127 Å². The highest BCUT2D eigenvalue weighted by molar-refractivity contribution is 6.17. The van der Waals surface area contributed by atoms with Crippen molar-refractivity contribution in [2.45, 2.75) is 18.9 Å². The van der Waals surface area contributed by atoms with E-state index in [0.717, 1.165) is 39.1 Å². The molecule has 0 radical (unpaired) electrons. The summed E-state index contributed by atoms with van der Waals surface area (Å²) in [5, 5.41) is 0. The predicted octanol–water partition coefficient (Wildman–Crippen LogP) is 1.39. The number of hydrogen-bond acceptors (Lipinski definition) is 5. The second kappa shape index (κ2) is 12.8. The van der Waals surface area contributed by atoms with Crippen molar-refractivity contribution in [1.29, 1.82) is 0 Å². The number of piperidine rings is 1. The number of rotatable bonds is 12. The van der Waals surface area contributed by atoms with Gasteiger partial charge in [0.15, 0.2) is 0 Å². The Bertz CT molecular complexity index is 213. The van der Waals surface area contributed by atoms with Crippen LogP contribution in [0, 0.1) is 0 Å². The molecule has 1 saturated heterocycles. The van der Waals surface area contributed by atoms with Gasteiger partial charge in [-0.05, 0) is 12.8 Å². The fourth-order valence-corrected chi connectivity index (χ4v) is 2.26. The molecule has 0 N–H and O–H groups in total. The highest BCUT2D eigenvalue weighted by Gasteiger charge is 2.18. The Balaban J connectivity index is 1.86. The highest BCUT2D eigenvalue weighted by Crippen LogP contribution is 2.13. The van der Waals surface area contributed by atoms with E-state index in [4.69, 9.17) is 30.5 Å². The van der Waals surface area contributed by atoms with Crippen molar-refractivity contribution in [1.82, 2.24) is 4.90 Å². The molecule has 6 heteroatoms. The number of hydrogen-bond donors (Lipinski definition) is 0. The number of nitrogens with zero attached hydrogens (tertiary/aromatic N) is 1. The Kier molecular flexibility index (Phi) is 11.6. The third-order valence-electron chi connectivity index (χ3n) is 3.32. The molecule has 1 rings (SSSR count). The first-order chi connectivity index (χ1) is 9.86. The van der Waals surface area contributed by atoms with Gasteiger partial charge >= 0.3 is 0 Å². The SMILES string of the molecule is COCCOCCOCCN1CCC(OCCCl)CC1. The van der Waals surface area contributed by atoms with Crippen molar-refractivity contribution < 1.29 is 18.9 Å². The average Bonchev–Trinajstić information content (AvgIpc) is 2.49. The maximum Gasteiger partial charge on any atom is 0.0701 e. The van der Waals surface area contributed by atoms with Gasteiger partial charge < -0.3 is 23.8 Å². The first-order valence-electron chi connectivity index (χ1n) is 7.41. The predicted molar refractivity (Wildman–Crippen MR) is 79.6 cm³/mol. The normalized spacial score (nSPS) is 17.7. The largest absolute Gasteiger partial charge is 0.382 e. The van der Waals surface area contributed by atoms with Gasteiger partial charge in [0.1, 0.15) is 0 Å². The molecule has 1 aliphatic rings. The van der Waals surface area contributed by atoms with Gasteiger partial charge in [-0.15, -0.1) is 11.6 Å². The summed E-state index contributed by atoms with van der Waals surface area (Å²) in [6.45, 7) is 7.15.